The van der Waals surface area contributed by atoms with Crippen LogP contribution in [0.15, 0.2) is 23.5 Å². The molecule has 1 saturated heterocycles. The Kier molecular flexibility index (Phi) is 3.81. The predicted molar refractivity (Wildman–Crippen MR) is 88.2 cm³/mol. The van der Waals surface area contributed by atoms with Crippen molar-refractivity contribution in [1.29, 1.82) is 5.41 Å². The van der Waals surface area contributed by atoms with Crippen LogP contribution in [0.1, 0.15) is 30.1 Å². The number of rotatable bonds is 3. The quantitative estimate of drug-likeness (QED) is 0.550. The maximum absolute atomic E-state index is 13.7. The summed E-state index contributed by atoms with van der Waals surface area (Å²) >= 11 is 0. The molecule has 1 fully saturated rings. The Morgan fingerprint density at radius 2 is 2.04 bits per heavy atom. The maximum atomic E-state index is 13.7. The summed E-state index contributed by atoms with van der Waals surface area (Å²) in [6.45, 7) is 3.88. The summed E-state index contributed by atoms with van der Waals surface area (Å²) in [5, 5.41) is 17.3. The third-order valence-electron chi connectivity index (χ3n) is 4.65. The largest absolute Gasteiger partial charge is 0.366 e. The lowest BCUT2D eigenvalue weighted by Crippen LogP contribution is -2.37. The summed E-state index contributed by atoms with van der Waals surface area (Å²) in [5.41, 5.74) is 7.02. The van der Waals surface area contributed by atoms with E-state index in [4.69, 9.17) is 11.1 Å². The van der Waals surface area contributed by atoms with Crippen molar-refractivity contribution in [2.45, 2.75) is 19.8 Å². The summed E-state index contributed by atoms with van der Waals surface area (Å²) in [6, 6.07) is 2.43. The zero-order valence-electron chi connectivity index (χ0n) is 12.9. The second-order valence-electron chi connectivity index (χ2n) is 6.23. The van der Waals surface area contributed by atoms with Gasteiger partial charge in [0.2, 0.25) is 0 Å². The lowest BCUT2D eigenvalue weighted by Gasteiger charge is -2.35. The molecule has 6 N–H and O–H groups in total. The summed E-state index contributed by atoms with van der Waals surface area (Å²) < 4.78 is 13.7. The molecular weight excluding hydrogens is 297 g/mol. The molecule has 0 spiro atoms. The molecule has 0 aromatic heterocycles. The Balaban J connectivity index is 2.04. The van der Waals surface area contributed by atoms with Crippen molar-refractivity contribution in [2.75, 3.05) is 23.7 Å². The highest BCUT2D eigenvalue weighted by Crippen LogP contribution is 2.41. The first kappa shape index (κ1) is 15.5. The molecule has 1 aromatic rings. The van der Waals surface area contributed by atoms with Crippen molar-refractivity contribution in [3.05, 3.63) is 34.9 Å². The highest BCUT2D eigenvalue weighted by molar-refractivity contribution is 6.04. The van der Waals surface area contributed by atoms with Crippen molar-refractivity contribution in [1.82, 2.24) is 5.32 Å². The van der Waals surface area contributed by atoms with Crippen LogP contribution in [0.3, 0.4) is 0 Å². The summed E-state index contributed by atoms with van der Waals surface area (Å²) in [4.78, 5) is 11.5. The number of piperidine rings is 1. The molecule has 7 heteroatoms. The number of allylic oxidation sites excluding steroid dienone is 1. The monoisotopic (exact) mass is 317 g/mol. The normalized spacial score (nSPS) is 21.0. The van der Waals surface area contributed by atoms with E-state index in [0.717, 1.165) is 37.6 Å². The van der Waals surface area contributed by atoms with Gasteiger partial charge in [0.05, 0.1) is 16.9 Å². The molecule has 0 radical (unpaired) electrons. The fourth-order valence-electron chi connectivity index (χ4n) is 3.26. The van der Waals surface area contributed by atoms with Gasteiger partial charge in [-0.1, -0.05) is 6.92 Å². The third-order valence-corrected chi connectivity index (χ3v) is 4.65. The van der Waals surface area contributed by atoms with Gasteiger partial charge in [-0.25, -0.2) is 4.39 Å². The number of nitrogens with two attached hydrogens (primary N) is 1. The topological polar surface area (TPSA) is 103 Å². The number of carbonyl (C=O) groups excluding carboxylic acids is 1. The fraction of sp³-hybridized carbons (Fsp3) is 0.375. The maximum Gasteiger partial charge on any atom is 0.250 e. The highest BCUT2D eigenvalue weighted by atomic mass is 19.1. The first-order chi connectivity index (χ1) is 10.9. The first-order valence-corrected chi connectivity index (χ1v) is 7.58. The van der Waals surface area contributed by atoms with Crippen LogP contribution < -0.4 is 21.7 Å². The Morgan fingerprint density at radius 3 is 2.65 bits per heavy atom. The molecule has 122 valence electrons. The van der Waals surface area contributed by atoms with Crippen LogP contribution in [0.4, 0.5) is 15.8 Å². The van der Waals surface area contributed by atoms with E-state index < -0.39 is 11.7 Å². The van der Waals surface area contributed by atoms with E-state index >= 15 is 0 Å². The molecule has 23 heavy (non-hydrogen) atoms. The van der Waals surface area contributed by atoms with Gasteiger partial charge >= 0.3 is 0 Å². The molecule has 3 rings (SSSR count). The molecule has 2 aliphatic rings. The van der Waals surface area contributed by atoms with Crippen LogP contribution in [0.25, 0.3) is 0 Å². The number of carbonyl (C=O) groups is 1. The van der Waals surface area contributed by atoms with E-state index in [1.54, 1.807) is 0 Å². The van der Waals surface area contributed by atoms with Gasteiger partial charge in [0, 0.05) is 11.8 Å². The van der Waals surface area contributed by atoms with Crippen LogP contribution in [-0.2, 0) is 0 Å². The van der Waals surface area contributed by atoms with Gasteiger partial charge in [-0.2, -0.15) is 0 Å². The molecule has 0 aliphatic carbocycles. The highest BCUT2D eigenvalue weighted by Gasteiger charge is 2.34. The molecule has 0 atom stereocenters. The average molecular weight is 317 g/mol. The van der Waals surface area contributed by atoms with Crippen molar-refractivity contribution in [2.24, 2.45) is 11.1 Å². The number of nitrogens with one attached hydrogen (secondary N) is 4. The molecule has 0 bridgehead atoms. The van der Waals surface area contributed by atoms with Crippen LogP contribution >= 0.6 is 0 Å². The Labute approximate surface area is 133 Å². The number of primary amides is 1. The Morgan fingerprint density at radius 1 is 1.35 bits per heavy atom. The van der Waals surface area contributed by atoms with E-state index in [-0.39, 0.29) is 11.0 Å². The smallest absolute Gasteiger partial charge is 0.250 e. The fourth-order valence-corrected chi connectivity index (χ4v) is 3.26. The van der Waals surface area contributed by atoms with Crippen molar-refractivity contribution >= 4 is 23.5 Å². The minimum atomic E-state index is -0.694. The van der Waals surface area contributed by atoms with Crippen molar-refractivity contribution in [3.8, 4) is 0 Å². The number of benzene rings is 1. The van der Waals surface area contributed by atoms with Gasteiger partial charge in [-0.15, -0.1) is 0 Å². The molecule has 1 amide bonds. The van der Waals surface area contributed by atoms with Gasteiger partial charge in [0.15, 0.2) is 0 Å². The van der Waals surface area contributed by atoms with Gasteiger partial charge in [0.1, 0.15) is 11.6 Å². The Hall–Kier alpha value is -2.41. The second-order valence-corrected chi connectivity index (χ2v) is 6.23. The van der Waals surface area contributed by atoms with Crippen molar-refractivity contribution in [3.63, 3.8) is 0 Å². The minimum Gasteiger partial charge on any atom is -0.366 e. The van der Waals surface area contributed by atoms with Crippen LogP contribution in [0.2, 0.25) is 0 Å². The average Bonchev–Trinajstić information content (AvgIpc) is 2.90. The van der Waals surface area contributed by atoms with Gasteiger partial charge in [0.25, 0.3) is 5.91 Å². The number of halogens is 1. The number of amides is 1. The van der Waals surface area contributed by atoms with E-state index in [1.807, 2.05) is 0 Å². The lowest BCUT2D eigenvalue weighted by atomic mass is 9.74. The minimum absolute atomic E-state index is 0.0993. The van der Waals surface area contributed by atoms with E-state index in [1.165, 1.54) is 12.3 Å². The number of hydrogen-bond acceptors (Lipinski definition) is 5. The number of anilines is 2. The number of hydrogen-bond donors (Lipinski definition) is 5. The summed E-state index contributed by atoms with van der Waals surface area (Å²) in [6.07, 6.45) is 3.13. The van der Waals surface area contributed by atoms with Gasteiger partial charge in [-0.05, 0) is 43.5 Å². The summed E-state index contributed by atoms with van der Waals surface area (Å²) in [5.74, 6) is -0.606. The SMILES string of the molecule is CC1(/C(C=N)=C2\Nc3cc(F)cc(C(N)=O)c3N2)CCNCC1. The standard InChI is InChI=1S/C16H20FN5O/c1-16(2-4-20-5-3-16)11(8-18)15-21-12-7-9(17)6-10(14(19)23)13(12)22-15/h6-8,18,20-22H,2-5H2,1H3,(H2,19,23)/b15-11+,18-8?. The zero-order valence-corrected chi connectivity index (χ0v) is 12.9. The van der Waals surface area contributed by atoms with E-state index in [0.29, 0.717) is 17.2 Å². The third kappa shape index (κ3) is 2.68. The van der Waals surface area contributed by atoms with Crippen molar-refractivity contribution < 1.29 is 9.18 Å². The molecule has 0 saturated carbocycles. The molecule has 1 aromatic carbocycles. The van der Waals surface area contributed by atoms with E-state index in [2.05, 4.69) is 22.9 Å². The number of fused-ring (bicyclic) bond motifs is 1. The Bertz CT molecular complexity index is 707. The lowest BCUT2D eigenvalue weighted by molar-refractivity contribution is 0.100. The first-order valence-electron chi connectivity index (χ1n) is 7.58. The van der Waals surface area contributed by atoms with Gasteiger partial charge in [-0.3, -0.25) is 4.79 Å². The summed E-state index contributed by atoms with van der Waals surface area (Å²) in [7, 11) is 0. The van der Waals surface area contributed by atoms with E-state index in [9.17, 15) is 9.18 Å². The van der Waals surface area contributed by atoms with Gasteiger partial charge < -0.3 is 27.1 Å². The predicted octanol–water partition coefficient (Wildman–Crippen LogP) is 2.01. The molecule has 6 nitrogen and oxygen atoms in total. The molecular formula is C16H20FN5O. The second kappa shape index (κ2) is 5.66. The zero-order chi connectivity index (χ0) is 16.6. The molecule has 2 aliphatic heterocycles. The van der Waals surface area contributed by atoms with Crippen LogP contribution in [0, 0.1) is 16.6 Å². The molecule has 0 unspecified atom stereocenters. The molecule has 2 heterocycles. The van der Waals surface area contributed by atoms with Crippen LogP contribution in [-0.4, -0.2) is 25.2 Å². The van der Waals surface area contributed by atoms with Crippen LogP contribution in [0.5, 0.6) is 0 Å².